The number of nitrogens with zero attached hydrogens (tertiary/aromatic N) is 1. The van der Waals surface area contributed by atoms with Gasteiger partial charge >= 0.3 is 0 Å². The zero-order valence-corrected chi connectivity index (χ0v) is 24.2. The summed E-state index contributed by atoms with van der Waals surface area (Å²) in [6.07, 6.45) is 0. The topological polar surface area (TPSA) is 31.2 Å². The number of hydrogen-bond donors (Lipinski definition) is 0. The van der Waals surface area contributed by atoms with Crippen LogP contribution in [-0.4, -0.2) is 4.57 Å². The second-order valence-corrected chi connectivity index (χ2v) is 11.6. The van der Waals surface area contributed by atoms with E-state index in [0.29, 0.717) is 0 Å². The van der Waals surface area contributed by atoms with Crippen molar-refractivity contribution in [3.63, 3.8) is 0 Å². The molecule has 0 atom stereocenters. The van der Waals surface area contributed by atoms with Crippen molar-refractivity contribution in [3.8, 4) is 27.9 Å². The van der Waals surface area contributed by atoms with Crippen molar-refractivity contribution in [2.24, 2.45) is 0 Å². The number of furan rings is 2. The van der Waals surface area contributed by atoms with Crippen molar-refractivity contribution in [1.29, 1.82) is 0 Å². The summed E-state index contributed by atoms with van der Waals surface area (Å²) < 4.78 is 15.8. The van der Waals surface area contributed by atoms with Gasteiger partial charge in [0.25, 0.3) is 0 Å². The average Bonchev–Trinajstić information content (AvgIpc) is 3.78. The summed E-state index contributed by atoms with van der Waals surface area (Å²) in [5.41, 5.74) is 11.2. The van der Waals surface area contributed by atoms with Gasteiger partial charge < -0.3 is 13.4 Å². The van der Waals surface area contributed by atoms with E-state index in [9.17, 15) is 0 Å². The molecule has 3 heteroatoms. The first-order chi connectivity index (χ1) is 22.3. The molecule has 0 aliphatic heterocycles. The van der Waals surface area contributed by atoms with Crippen LogP contribution in [0.4, 0.5) is 0 Å². The van der Waals surface area contributed by atoms with Gasteiger partial charge in [0.15, 0.2) is 0 Å². The summed E-state index contributed by atoms with van der Waals surface area (Å²) in [6, 6.07) is 53.4. The van der Waals surface area contributed by atoms with Gasteiger partial charge in [-0.15, -0.1) is 0 Å². The highest BCUT2D eigenvalue weighted by molar-refractivity contribution is 6.17. The summed E-state index contributed by atoms with van der Waals surface area (Å²) in [7, 11) is 0. The average molecular weight is 576 g/mol. The van der Waals surface area contributed by atoms with Gasteiger partial charge in [-0.05, 0) is 24.3 Å². The fourth-order valence-electron chi connectivity index (χ4n) is 7.28. The van der Waals surface area contributed by atoms with Gasteiger partial charge in [0.05, 0.1) is 16.7 Å². The molecule has 45 heavy (non-hydrogen) atoms. The minimum absolute atomic E-state index is 0.863. The number of fused-ring (bicyclic) bond motifs is 9. The third kappa shape index (κ3) is 3.41. The lowest BCUT2D eigenvalue weighted by atomic mass is 9.98. The van der Waals surface area contributed by atoms with E-state index in [1.54, 1.807) is 0 Å². The van der Waals surface area contributed by atoms with Crippen LogP contribution in [0.1, 0.15) is 0 Å². The first-order valence-corrected chi connectivity index (χ1v) is 15.3. The van der Waals surface area contributed by atoms with Crippen molar-refractivity contribution < 1.29 is 8.83 Å². The smallest absolute Gasteiger partial charge is 0.143 e. The molecule has 3 aromatic heterocycles. The monoisotopic (exact) mass is 575 g/mol. The normalized spacial score (nSPS) is 12.0. The van der Waals surface area contributed by atoms with Crippen LogP contribution >= 0.6 is 0 Å². The fourth-order valence-corrected chi connectivity index (χ4v) is 7.28. The van der Waals surface area contributed by atoms with Crippen LogP contribution in [0, 0.1) is 0 Å². The molecule has 0 fully saturated rings. The minimum Gasteiger partial charge on any atom is -0.455 e. The number of hydrogen-bond acceptors (Lipinski definition) is 2. The summed E-state index contributed by atoms with van der Waals surface area (Å²) >= 11 is 0. The van der Waals surface area contributed by atoms with Crippen LogP contribution in [0.25, 0.3) is 93.6 Å². The highest BCUT2D eigenvalue weighted by atomic mass is 16.3. The molecule has 0 N–H and O–H groups in total. The molecule has 10 aromatic rings. The van der Waals surface area contributed by atoms with Crippen LogP contribution in [0.3, 0.4) is 0 Å². The van der Waals surface area contributed by atoms with Crippen LogP contribution in [0.2, 0.25) is 0 Å². The molecule has 0 bridgehead atoms. The van der Waals surface area contributed by atoms with Crippen LogP contribution in [0.15, 0.2) is 160 Å². The largest absolute Gasteiger partial charge is 0.455 e. The Morgan fingerprint density at radius 2 is 0.733 bits per heavy atom. The lowest BCUT2D eigenvalue weighted by molar-refractivity contribution is 0.665. The van der Waals surface area contributed by atoms with E-state index in [2.05, 4.69) is 144 Å². The molecule has 0 saturated heterocycles. The standard InChI is InChI=1S/C42H25NO2/c1-5-22-36-26(12-1)27-13-2-6-23-37(27)43(36)38-24-7-3-14-28(38)30-16-9-19-34-35-21-11-20-33(42(35)45-41(30)34)32-18-10-17-31-29-15-4-8-25-39(29)44-40(31)32/h1-25H. The molecule has 0 saturated carbocycles. The number of aromatic nitrogens is 1. The lowest BCUT2D eigenvalue weighted by Gasteiger charge is -2.14. The van der Waals surface area contributed by atoms with Gasteiger partial charge in [-0.3, -0.25) is 0 Å². The Balaban J connectivity index is 1.25. The van der Waals surface area contributed by atoms with Crippen LogP contribution in [-0.2, 0) is 0 Å². The van der Waals surface area contributed by atoms with Gasteiger partial charge in [0.1, 0.15) is 22.3 Å². The summed E-state index contributed by atoms with van der Waals surface area (Å²) in [5.74, 6) is 0. The minimum atomic E-state index is 0.863. The second-order valence-electron chi connectivity index (χ2n) is 11.6. The van der Waals surface area contributed by atoms with Gasteiger partial charge in [0.2, 0.25) is 0 Å². The van der Waals surface area contributed by atoms with Gasteiger partial charge in [-0.25, -0.2) is 0 Å². The Hall–Kier alpha value is -6.06. The SMILES string of the molecule is c1ccc(-n2c3ccccc3c3ccccc32)c(-c2cccc3c2oc2c(-c4cccc5c4oc4ccccc45)cccc23)c1. The Kier molecular flexibility index (Phi) is 5.00. The molecular formula is C42H25NO2. The van der Waals surface area contributed by atoms with E-state index in [-0.39, 0.29) is 0 Å². The first-order valence-electron chi connectivity index (χ1n) is 15.3. The molecule has 7 aromatic carbocycles. The highest BCUT2D eigenvalue weighted by Gasteiger charge is 2.21. The second kappa shape index (κ2) is 9.22. The fraction of sp³-hybridized carbons (Fsp3) is 0. The van der Waals surface area contributed by atoms with E-state index < -0.39 is 0 Å². The molecule has 3 nitrogen and oxygen atoms in total. The first kappa shape index (κ1) is 24.4. The molecule has 10 rings (SSSR count). The Bertz CT molecular complexity index is 2720. The molecule has 0 spiro atoms. The summed E-state index contributed by atoms with van der Waals surface area (Å²) in [4.78, 5) is 0. The summed E-state index contributed by atoms with van der Waals surface area (Å²) in [6.45, 7) is 0. The van der Waals surface area contributed by atoms with Crippen LogP contribution < -0.4 is 0 Å². The van der Waals surface area contributed by atoms with Crippen molar-refractivity contribution in [1.82, 2.24) is 4.57 Å². The van der Waals surface area contributed by atoms with Crippen molar-refractivity contribution in [2.45, 2.75) is 0 Å². The number of benzene rings is 7. The molecule has 0 unspecified atom stereocenters. The number of para-hydroxylation sites is 7. The predicted octanol–water partition coefficient (Wildman–Crippen LogP) is 11.9. The molecule has 0 amide bonds. The van der Waals surface area contributed by atoms with E-state index in [0.717, 1.165) is 71.8 Å². The quantitative estimate of drug-likeness (QED) is 0.210. The third-order valence-electron chi connectivity index (χ3n) is 9.23. The molecular weight excluding hydrogens is 550 g/mol. The lowest BCUT2D eigenvalue weighted by Crippen LogP contribution is -1.97. The summed E-state index contributed by atoms with van der Waals surface area (Å²) in [5, 5.41) is 6.90. The van der Waals surface area contributed by atoms with Crippen molar-refractivity contribution in [3.05, 3.63) is 152 Å². The molecule has 0 aliphatic carbocycles. The van der Waals surface area contributed by atoms with Gasteiger partial charge in [-0.2, -0.15) is 0 Å². The molecule has 210 valence electrons. The maximum Gasteiger partial charge on any atom is 0.143 e. The maximum absolute atomic E-state index is 6.94. The Morgan fingerprint density at radius 1 is 0.311 bits per heavy atom. The molecule has 0 aliphatic rings. The third-order valence-corrected chi connectivity index (χ3v) is 9.23. The van der Waals surface area contributed by atoms with Gasteiger partial charge in [0, 0.05) is 54.6 Å². The zero-order valence-electron chi connectivity index (χ0n) is 24.2. The van der Waals surface area contributed by atoms with Gasteiger partial charge in [-0.1, -0.05) is 127 Å². The zero-order chi connectivity index (χ0) is 29.5. The van der Waals surface area contributed by atoms with Crippen molar-refractivity contribution >= 4 is 65.7 Å². The molecule has 3 heterocycles. The predicted molar refractivity (Wildman–Crippen MR) is 186 cm³/mol. The van der Waals surface area contributed by atoms with E-state index in [4.69, 9.17) is 8.83 Å². The highest BCUT2D eigenvalue weighted by Crippen LogP contribution is 2.44. The number of rotatable bonds is 3. The Morgan fingerprint density at radius 3 is 1.38 bits per heavy atom. The van der Waals surface area contributed by atoms with Crippen molar-refractivity contribution in [2.75, 3.05) is 0 Å². The Labute approximate surface area is 258 Å². The van der Waals surface area contributed by atoms with E-state index >= 15 is 0 Å². The molecule has 0 radical (unpaired) electrons. The van der Waals surface area contributed by atoms with Crippen LogP contribution in [0.5, 0.6) is 0 Å². The van der Waals surface area contributed by atoms with E-state index in [1.807, 2.05) is 12.1 Å². The maximum atomic E-state index is 6.94. The van der Waals surface area contributed by atoms with E-state index in [1.165, 1.54) is 21.8 Å².